The molecule has 1 unspecified atom stereocenters. The molecule has 0 aromatic rings. The van der Waals surface area contributed by atoms with Crippen molar-refractivity contribution in [2.75, 3.05) is 6.16 Å². The normalized spacial score (nSPS) is 15.1. The Labute approximate surface area is 90.5 Å². The van der Waals surface area contributed by atoms with Crippen molar-refractivity contribution >= 4 is 13.4 Å². The largest absolute Gasteiger partial charge is 0.332 e. The summed E-state index contributed by atoms with van der Waals surface area (Å²) in [5.74, 6) is -0.692. The quantitative estimate of drug-likeness (QED) is 0.545. The van der Waals surface area contributed by atoms with Crippen LogP contribution < -0.4 is 0 Å². The molecule has 0 saturated heterocycles. The molecule has 0 rings (SSSR count). The summed E-state index contributed by atoms with van der Waals surface area (Å²) < 4.78 is 10.6. The standard InChI is InChI=1S/C10H19O4P/c1-4-8(2)5-6-9(3)10(11)7-15(12,13)14/h5,9H,4,6-7H2,1-3H3,(H2,12,13,14)/b8-5+. The van der Waals surface area contributed by atoms with E-state index in [1.54, 1.807) is 6.92 Å². The fraction of sp³-hybridized carbons (Fsp3) is 0.700. The Balaban J connectivity index is 4.17. The van der Waals surface area contributed by atoms with Crippen LogP contribution in [0.1, 0.15) is 33.6 Å². The number of hydrogen-bond acceptors (Lipinski definition) is 2. The lowest BCUT2D eigenvalue weighted by atomic mass is 10.0. The summed E-state index contributed by atoms with van der Waals surface area (Å²) in [4.78, 5) is 28.6. The highest BCUT2D eigenvalue weighted by molar-refractivity contribution is 7.52. The van der Waals surface area contributed by atoms with E-state index in [4.69, 9.17) is 9.79 Å². The average Bonchev–Trinajstić information content (AvgIpc) is 2.10. The van der Waals surface area contributed by atoms with Crippen LogP contribution in [0.3, 0.4) is 0 Å². The van der Waals surface area contributed by atoms with E-state index in [2.05, 4.69) is 0 Å². The van der Waals surface area contributed by atoms with E-state index in [9.17, 15) is 9.36 Å². The fourth-order valence-electron chi connectivity index (χ4n) is 1.01. The molecule has 1 atom stereocenters. The first kappa shape index (κ1) is 14.6. The van der Waals surface area contributed by atoms with Gasteiger partial charge in [0.05, 0.1) is 0 Å². The molecular weight excluding hydrogens is 215 g/mol. The van der Waals surface area contributed by atoms with E-state index in [0.29, 0.717) is 6.42 Å². The summed E-state index contributed by atoms with van der Waals surface area (Å²) in [6, 6.07) is 0. The van der Waals surface area contributed by atoms with E-state index >= 15 is 0 Å². The van der Waals surface area contributed by atoms with Crippen LogP contribution in [0.25, 0.3) is 0 Å². The molecule has 0 aromatic heterocycles. The minimum atomic E-state index is -4.20. The molecule has 15 heavy (non-hydrogen) atoms. The van der Waals surface area contributed by atoms with Crippen molar-refractivity contribution in [2.45, 2.75) is 33.6 Å². The van der Waals surface area contributed by atoms with Crippen molar-refractivity contribution < 1.29 is 19.1 Å². The van der Waals surface area contributed by atoms with Crippen LogP contribution in [0.15, 0.2) is 11.6 Å². The molecule has 0 bridgehead atoms. The van der Waals surface area contributed by atoms with Gasteiger partial charge in [0.1, 0.15) is 11.9 Å². The second kappa shape index (κ2) is 6.21. The molecule has 4 nitrogen and oxygen atoms in total. The summed E-state index contributed by atoms with van der Waals surface area (Å²) >= 11 is 0. The predicted octanol–water partition coefficient (Wildman–Crippen LogP) is 2.12. The number of carbonyl (C=O) groups is 1. The lowest BCUT2D eigenvalue weighted by molar-refractivity contribution is -0.120. The lowest BCUT2D eigenvalue weighted by Gasteiger charge is -2.09. The fourth-order valence-corrected chi connectivity index (χ4v) is 1.73. The van der Waals surface area contributed by atoms with E-state index in [-0.39, 0.29) is 11.7 Å². The molecule has 0 aliphatic carbocycles. The number of carbonyl (C=O) groups excluding carboxylic acids is 1. The molecule has 0 aliphatic heterocycles. The number of allylic oxidation sites excluding steroid dienone is 2. The Bertz CT molecular complexity index is 290. The molecule has 2 N–H and O–H groups in total. The summed E-state index contributed by atoms with van der Waals surface area (Å²) in [7, 11) is -4.20. The minimum absolute atomic E-state index is 0.320. The van der Waals surface area contributed by atoms with Gasteiger partial charge in [-0.05, 0) is 19.8 Å². The van der Waals surface area contributed by atoms with Gasteiger partial charge < -0.3 is 9.79 Å². The van der Waals surface area contributed by atoms with E-state index < -0.39 is 13.8 Å². The molecule has 0 fully saturated rings. The number of hydrogen-bond donors (Lipinski definition) is 2. The highest BCUT2D eigenvalue weighted by Crippen LogP contribution is 2.35. The Hall–Kier alpha value is -0.440. The molecule has 0 aromatic carbocycles. The van der Waals surface area contributed by atoms with Crippen LogP contribution in [0.4, 0.5) is 0 Å². The Morgan fingerprint density at radius 3 is 2.40 bits per heavy atom. The predicted molar refractivity (Wildman–Crippen MR) is 59.7 cm³/mol. The highest BCUT2D eigenvalue weighted by atomic mass is 31.2. The minimum Gasteiger partial charge on any atom is -0.324 e. The summed E-state index contributed by atoms with van der Waals surface area (Å²) in [5, 5.41) is 0. The molecule has 0 amide bonds. The van der Waals surface area contributed by atoms with E-state index in [1.165, 1.54) is 5.57 Å². The lowest BCUT2D eigenvalue weighted by Crippen LogP contribution is -2.14. The number of Topliss-reactive ketones (excluding diaryl/α,β-unsaturated/α-hetero) is 1. The van der Waals surface area contributed by atoms with Crippen LogP contribution in [0.2, 0.25) is 0 Å². The van der Waals surface area contributed by atoms with Gasteiger partial charge in [0.2, 0.25) is 0 Å². The van der Waals surface area contributed by atoms with Crippen molar-refractivity contribution in [3.05, 3.63) is 11.6 Å². The average molecular weight is 234 g/mol. The SMILES string of the molecule is CC/C(C)=C/CC(C)C(=O)CP(=O)(O)O. The zero-order valence-electron chi connectivity index (χ0n) is 9.43. The van der Waals surface area contributed by atoms with Gasteiger partial charge in [0.15, 0.2) is 0 Å². The molecule has 0 saturated carbocycles. The van der Waals surface area contributed by atoms with E-state index in [0.717, 1.165) is 6.42 Å². The van der Waals surface area contributed by atoms with Crippen LogP contribution in [-0.2, 0) is 9.36 Å². The van der Waals surface area contributed by atoms with Crippen LogP contribution >= 0.6 is 7.60 Å². The van der Waals surface area contributed by atoms with Crippen molar-refractivity contribution in [2.24, 2.45) is 5.92 Å². The monoisotopic (exact) mass is 234 g/mol. The first-order valence-electron chi connectivity index (χ1n) is 4.99. The maximum Gasteiger partial charge on any atom is 0.332 e. The maximum atomic E-state index is 11.3. The van der Waals surface area contributed by atoms with Gasteiger partial charge >= 0.3 is 7.60 Å². The second-order valence-electron chi connectivity index (χ2n) is 3.83. The Morgan fingerprint density at radius 2 is 2.00 bits per heavy atom. The Morgan fingerprint density at radius 1 is 1.47 bits per heavy atom. The van der Waals surface area contributed by atoms with Gasteiger partial charge in [-0.25, -0.2) is 0 Å². The van der Waals surface area contributed by atoms with Gasteiger partial charge in [-0.3, -0.25) is 9.36 Å². The highest BCUT2D eigenvalue weighted by Gasteiger charge is 2.22. The third kappa shape index (κ3) is 7.48. The van der Waals surface area contributed by atoms with Crippen molar-refractivity contribution in [3.8, 4) is 0 Å². The van der Waals surface area contributed by atoms with Crippen molar-refractivity contribution in [1.82, 2.24) is 0 Å². The van der Waals surface area contributed by atoms with Gasteiger partial charge in [0.25, 0.3) is 0 Å². The first-order chi connectivity index (χ1) is 6.76. The Kier molecular flexibility index (Phi) is 6.03. The second-order valence-corrected chi connectivity index (χ2v) is 5.48. The van der Waals surface area contributed by atoms with Gasteiger partial charge in [-0.1, -0.05) is 25.5 Å². The summed E-state index contributed by atoms with van der Waals surface area (Å²) in [5.41, 5.74) is 1.19. The summed E-state index contributed by atoms with van der Waals surface area (Å²) in [6.45, 7) is 5.69. The van der Waals surface area contributed by atoms with Gasteiger partial charge in [0, 0.05) is 5.92 Å². The number of ketones is 1. The van der Waals surface area contributed by atoms with E-state index in [1.807, 2.05) is 19.9 Å². The molecule has 0 aliphatic rings. The zero-order chi connectivity index (χ0) is 12.1. The molecule has 0 spiro atoms. The first-order valence-corrected chi connectivity index (χ1v) is 6.79. The molecule has 0 radical (unpaired) electrons. The number of rotatable bonds is 6. The zero-order valence-corrected chi connectivity index (χ0v) is 10.3. The van der Waals surface area contributed by atoms with Gasteiger partial charge in [-0.2, -0.15) is 0 Å². The van der Waals surface area contributed by atoms with Crippen molar-refractivity contribution in [3.63, 3.8) is 0 Å². The maximum absolute atomic E-state index is 11.3. The van der Waals surface area contributed by atoms with Crippen LogP contribution in [0, 0.1) is 5.92 Å². The molecule has 0 heterocycles. The van der Waals surface area contributed by atoms with Crippen LogP contribution in [0.5, 0.6) is 0 Å². The third-order valence-corrected chi connectivity index (χ3v) is 3.01. The van der Waals surface area contributed by atoms with Crippen LogP contribution in [-0.4, -0.2) is 21.7 Å². The topological polar surface area (TPSA) is 74.6 Å². The smallest absolute Gasteiger partial charge is 0.324 e. The van der Waals surface area contributed by atoms with Gasteiger partial charge in [-0.15, -0.1) is 0 Å². The van der Waals surface area contributed by atoms with Crippen molar-refractivity contribution in [1.29, 1.82) is 0 Å². The third-order valence-electron chi connectivity index (χ3n) is 2.29. The molecular formula is C10H19O4P. The molecule has 5 heteroatoms. The molecule has 88 valence electrons. The summed E-state index contributed by atoms with van der Waals surface area (Å²) in [6.07, 6.45) is 2.79.